The summed E-state index contributed by atoms with van der Waals surface area (Å²) in [7, 11) is 0. The van der Waals surface area contributed by atoms with Gasteiger partial charge in [-0.15, -0.1) is 0 Å². The van der Waals surface area contributed by atoms with E-state index in [0.717, 1.165) is 31.4 Å². The Labute approximate surface area is 95.2 Å². The summed E-state index contributed by atoms with van der Waals surface area (Å²) in [6, 6.07) is 0. The largest absolute Gasteiger partial charge is 0.493 e. The SMILES string of the molecule is C=C(C)OC(C)(CC)CC/C=C(\C)CC. The first-order chi connectivity index (χ1) is 6.93. The lowest BCUT2D eigenvalue weighted by atomic mass is 9.96. The molecule has 0 aromatic carbocycles. The summed E-state index contributed by atoms with van der Waals surface area (Å²) in [5.74, 6) is 0.815. The molecule has 0 amide bonds. The second-order valence-electron chi connectivity index (χ2n) is 4.55. The predicted molar refractivity (Wildman–Crippen MR) is 67.9 cm³/mol. The van der Waals surface area contributed by atoms with Gasteiger partial charge in [0.15, 0.2) is 0 Å². The molecule has 88 valence electrons. The molecule has 0 N–H and O–H groups in total. The second-order valence-corrected chi connectivity index (χ2v) is 4.55. The van der Waals surface area contributed by atoms with Gasteiger partial charge in [0.05, 0.1) is 5.76 Å². The molecular formula is C14H26O. The number of hydrogen-bond donors (Lipinski definition) is 0. The van der Waals surface area contributed by atoms with E-state index in [2.05, 4.69) is 40.3 Å². The van der Waals surface area contributed by atoms with Crippen molar-refractivity contribution >= 4 is 0 Å². The summed E-state index contributed by atoms with van der Waals surface area (Å²) in [5.41, 5.74) is 1.42. The minimum Gasteiger partial charge on any atom is -0.493 e. The molecule has 0 aliphatic heterocycles. The normalized spacial score (nSPS) is 15.9. The summed E-state index contributed by atoms with van der Waals surface area (Å²) in [4.78, 5) is 0. The highest BCUT2D eigenvalue weighted by molar-refractivity contribution is 4.98. The Balaban J connectivity index is 4.15. The number of rotatable bonds is 7. The van der Waals surface area contributed by atoms with Crippen LogP contribution in [0.25, 0.3) is 0 Å². The van der Waals surface area contributed by atoms with Crippen molar-refractivity contribution < 1.29 is 4.74 Å². The molecule has 0 saturated carbocycles. The summed E-state index contributed by atoms with van der Waals surface area (Å²) in [6.45, 7) is 14.4. The minimum atomic E-state index is -0.0453. The highest BCUT2D eigenvalue weighted by Gasteiger charge is 2.22. The molecular weight excluding hydrogens is 184 g/mol. The number of hydrogen-bond acceptors (Lipinski definition) is 1. The van der Waals surface area contributed by atoms with E-state index in [4.69, 9.17) is 4.74 Å². The zero-order valence-corrected chi connectivity index (χ0v) is 11.0. The van der Waals surface area contributed by atoms with Crippen molar-refractivity contribution in [3.8, 4) is 0 Å². The third-order valence-electron chi connectivity index (χ3n) is 2.89. The molecule has 0 spiro atoms. The van der Waals surface area contributed by atoms with Gasteiger partial charge in [0.1, 0.15) is 5.60 Å². The van der Waals surface area contributed by atoms with Crippen LogP contribution < -0.4 is 0 Å². The monoisotopic (exact) mass is 210 g/mol. The molecule has 0 radical (unpaired) electrons. The van der Waals surface area contributed by atoms with Gasteiger partial charge in [-0.05, 0) is 46.5 Å². The van der Waals surface area contributed by atoms with E-state index in [1.807, 2.05) is 6.92 Å². The molecule has 1 nitrogen and oxygen atoms in total. The first-order valence-electron chi connectivity index (χ1n) is 5.93. The van der Waals surface area contributed by atoms with Gasteiger partial charge in [-0.1, -0.05) is 32.1 Å². The Hall–Kier alpha value is -0.720. The minimum absolute atomic E-state index is 0.0453. The maximum atomic E-state index is 5.78. The van der Waals surface area contributed by atoms with Crippen LogP contribution in [0.1, 0.15) is 60.3 Å². The fourth-order valence-corrected chi connectivity index (χ4v) is 1.49. The van der Waals surface area contributed by atoms with E-state index in [1.165, 1.54) is 5.57 Å². The Kier molecular flexibility index (Phi) is 6.38. The lowest BCUT2D eigenvalue weighted by molar-refractivity contribution is 0.00976. The van der Waals surface area contributed by atoms with Crippen LogP contribution in [-0.2, 0) is 4.74 Å². The van der Waals surface area contributed by atoms with Crippen LogP contribution in [0.2, 0.25) is 0 Å². The second kappa shape index (κ2) is 6.71. The predicted octanol–water partition coefficient (Wildman–Crippen LogP) is 4.84. The Morgan fingerprint density at radius 2 is 1.93 bits per heavy atom. The van der Waals surface area contributed by atoms with Crippen LogP contribution in [0.3, 0.4) is 0 Å². The highest BCUT2D eigenvalue weighted by Crippen LogP contribution is 2.24. The van der Waals surface area contributed by atoms with Crippen molar-refractivity contribution in [3.63, 3.8) is 0 Å². The lowest BCUT2D eigenvalue weighted by Gasteiger charge is -2.29. The van der Waals surface area contributed by atoms with Crippen LogP contribution in [-0.4, -0.2) is 5.60 Å². The third-order valence-corrected chi connectivity index (χ3v) is 2.89. The molecule has 0 heterocycles. The molecule has 0 aliphatic carbocycles. The van der Waals surface area contributed by atoms with Gasteiger partial charge in [-0.2, -0.15) is 0 Å². The van der Waals surface area contributed by atoms with Gasteiger partial charge in [0.2, 0.25) is 0 Å². The van der Waals surface area contributed by atoms with E-state index >= 15 is 0 Å². The van der Waals surface area contributed by atoms with Gasteiger partial charge in [0.25, 0.3) is 0 Å². The Bertz CT molecular complexity index is 227. The molecule has 0 aliphatic rings. The molecule has 1 unspecified atom stereocenters. The molecule has 0 rings (SSSR count). The van der Waals surface area contributed by atoms with Gasteiger partial charge in [-0.25, -0.2) is 0 Å². The van der Waals surface area contributed by atoms with Gasteiger partial charge >= 0.3 is 0 Å². The third kappa shape index (κ3) is 6.38. The molecule has 0 bridgehead atoms. The fourth-order valence-electron chi connectivity index (χ4n) is 1.49. The van der Waals surface area contributed by atoms with Crippen LogP contribution in [0.5, 0.6) is 0 Å². The first-order valence-corrected chi connectivity index (χ1v) is 5.93. The zero-order chi connectivity index (χ0) is 11.9. The van der Waals surface area contributed by atoms with Crippen LogP contribution >= 0.6 is 0 Å². The van der Waals surface area contributed by atoms with E-state index in [-0.39, 0.29) is 5.60 Å². The first kappa shape index (κ1) is 14.3. The van der Waals surface area contributed by atoms with Crippen molar-refractivity contribution in [2.24, 2.45) is 0 Å². The number of allylic oxidation sites excluding steroid dienone is 3. The molecule has 0 saturated heterocycles. The topological polar surface area (TPSA) is 9.23 Å². The van der Waals surface area contributed by atoms with E-state index < -0.39 is 0 Å². The standard InChI is InChI=1S/C14H26O/c1-7-13(5)10-9-11-14(6,8-2)15-12(3)4/h10H,3,7-9,11H2,1-2,4-6H3/b13-10+. The molecule has 0 aromatic heterocycles. The molecule has 0 aromatic rings. The van der Waals surface area contributed by atoms with Crippen molar-refractivity contribution in [2.45, 2.75) is 65.9 Å². The van der Waals surface area contributed by atoms with Crippen LogP contribution in [0.4, 0.5) is 0 Å². The fraction of sp³-hybridized carbons (Fsp3) is 0.714. The van der Waals surface area contributed by atoms with Crippen molar-refractivity contribution in [1.29, 1.82) is 0 Å². The van der Waals surface area contributed by atoms with E-state index in [1.54, 1.807) is 0 Å². The summed E-state index contributed by atoms with van der Waals surface area (Å²) in [6.07, 6.45) is 6.64. The van der Waals surface area contributed by atoms with Crippen molar-refractivity contribution in [2.75, 3.05) is 0 Å². The summed E-state index contributed by atoms with van der Waals surface area (Å²) < 4.78 is 5.78. The quantitative estimate of drug-likeness (QED) is 0.431. The maximum Gasteiger partial charge on any atom is 0.106 e. The van der Waals surface area contributed by atoms with Crippen molar-refractivity contribution in [1.82, 2.24) is 0 Å². The van der Waals surface area contributed by atoms with Gasteiger partial charge in [0, 0.05) is 0 Å². The average Bonchev–Trinajstić information content (AvgIpc) is 2.16. The average molecular weight is 210 g/mol. The number of ether oxygens (including phenoxy) is 1. The highest BCUT2D eigenvalue weighted by atomic mass is 16.5. The molecule has 15 heavy (non-hydrogen) atoms. The summed E-state index contributed by atoms with van der Waals surface area (Å²) >= 11 is 0. The van der Waals surface area contributed by atoms with Crippen LogP contribution in [0, 0.1) is 0 Å². The molecule has 0 fully saturated rings. The van der Waals surface area contributed by atoms with Crippen LogP contribution in [0.15, 0.2) is 24.0 Å². The maximum absolute atomic E-state index is 5.78. The van der Waals surface area contributed by atoms with E-state index in [0.29, 0.717) is 0 Å². The Morgan fingerprint density at radius 3 is 2.33 bits per heavy atom. The van der Waals surface area contributed by atoms with Gasteiger partial charge < -0.3 is 4.74 Å². The Morgan fingerprint density at radius 1 is 1.33 bits per heavy atom. The van der Waals surface area contributed by atoms with Crippen molar-refractivity contribution in [3.05, 3.63) is 24.0 Å². The smallest absolute Gasteiger partial charge is 0.106 e. The van der Waals surface area contributed by atoms with E-state index in [9.17, 15) is 0 Å². The summed E-state index contributed by atoms with van der Waals surface area (Å²) in [5, 5.41) is 0. The molecule has 1 atom stereocenters. The lowest BCUT2D eigenvalue weighted by Crippen LogP contribution is -2.26. The molecule has 1 heteroatoms. The van der Waals surface area contributed by atoms with Gasteiger partial charge in [-0.3, -0.25) is 0 Å². The zero-order valence-electron chi connectivity index (χ0n) is 11.0.